The summed E-state index contributed by atoms with van der Waals surface area (Å²) in [5.41, 5.74) is 3.98. The van der Waals surface area contributed by atoms with Gasteiger partial charge in [-0.1, -0.05) is 54.5 Å². The molecule has 1 amide bonds. The molecule has 3 aromatic rings. The summed E-state index contributed by atoms with van der Waals surface area (Å²) in [5, 5.41) is 7.20. The molecular formula is C25H29N3O2. The predicted octanol–water partition coefficient (Wildman–Crippen LogP) is 4.55. The van der Waals surface area contributed by atoms with E-state index >= 15 is 0 Å². The van der Waals surface area contributed by atoms with Crippen molar-refractivity contribution in [3.05, 3.63) is 77.7 Å². The fraction of sp³-hybridized carbons (Fsp3) is 0.360. The van der Waals surface area contributed by atoms with Crippen molar-refractivity contribution in [1.82, 2.24) is 15.4 Å². The van der Waals surface area contributed by atoms with Gasteiger partial charge in [0.25, 0.3) is 5.91 Å². The molecule has 1 N–H and O–H groups in total. The summed E-state index contributed by atoms with van der Waals surface area (Å²) in [5.74, 6) is 1.38. The first-order valence-corrected chi connectivity index (χ1v) is 10.8. The number of benzene rings is 2. The van der Waals surface area contributed by atoms with Crippen LogP contribution in [0.1, 0.15) is 41.6 Å². The molecule has 0 bridgehead atoms. The normalized spacial score (nSPS) is 17.0. The highest BCUT2D eigenvalue weighted by atomic mass is 16.5. The van der Waals surface area contributed by atoms with Gasteiger partial charge in [-0.05, 0) is 55.0 Å². The van der Waals surface area contributed by atoms with Gasteiger partial charge in [0.1, 0.15) is 0 Å². The van der Waals surface area contributed by atoms with E-state index < -0.39 is 0 Å². The Bertz CT molecular complexity index is 950. The molecule has 0 saturated carbocycles. The van der Waals surface area contributed by atoms with Crippen molar-refractivity contribution >= 4 is 5.91 Å². The molecule has 1 aromatic heterocycles. The van der Waals surface area contributed by atoms with Gasteiger partial charge in [0.2, 0.25) is 0 Å². The van der Waals surface area contributed by atoms with E-state index in [-0.39, 0.29) is 5.91 Å². The summed E-state index contributed by atoms with van der Waals surface area (Å²) in [6.45, 7) is 5.60. The lowest BCUT2D eigenvalue weighted by atomic mass is 9.97. The van der Waals surface area contributed by atoms with Crippen molar-refractivity contribution in [2.24, 2.45) is 5.92 Å². The highest BCUT2D eigenvalue weighted by molar-refractivity contribution is 5.94. The third-order valence-electron chi connectivity index (χ3n) is 5.76. The van der Waals surface area contributed by atoms with Crippen molar-refractivity contribution in [2.75, 3.05) is 19.6 Å². The summed E-state index contributed by atoms with van der Waals surface area (Å²) < 4.78 is 5.43. The van der Waals surface area contributed by atoms with E-state index in [0.717, 1.165) is 61.5 Å². The number of hydrogen-bond acceptors (Lipinski definition) is 4. The van der Waals surface area contributed by atoms with Crippen molar-refractivity contribution in [3.8, 4) is 11.1 Å². The molecule has 1 aliphatic heterocycles. The van der Waals surface area contributed by atoms with Crippen molar-refractivity contribution in [2.45, 2.75) is 32.7 Å². The van der Waals surface area contributed by atoms with Gasteiger partial charge in [-0.25, -0.2) is 0 Å². The molecule has 2 aromatic carbocycles. The summed E-state index contributed by atoms with van der Waals surface area (Å²) in [6, 6.07) is 20.1. The van der Waals surface area contributed by atoms with Gasteiger partial charge in [-0.15, -0.1) is 0 Å². The lowest BCUT2D eigenvalue weighted by Crippen LogP contribution is -2.40. The fourth-order valence-corrected chi connectivity index (χ4v) is 4.06. The molecule has 30 heavy (non-hydrogen) atoms. The number of nitrogens with one attached hydrogen (secondary N) is 1. The molecular weight excluding hydrogens is 374 g/mol. The van der Waals surface area contributed by atoms with Crippen LogP contribution in [0.3, 0.4) is 0 Å². The molecule has 4 rings (SSSR count). The second kappa shape index (κ2) is 9.72. The number of carbonyl (C=O) groups excluding carboxylic acids is 1. The largest absolute Gasteiger partial charge is 0.360 e. The van der Waals surface area contributed by atoms with Crippen LogP contribution >= 0.6 is 0 Å². The zero-order chi connectivity index (χ0) is 20.8. The zero-order valence-corrected chi connectivity index (χ0v) is 17.5. The lowest BCUT2D eigenvalue weighted by Gasteiger charge is -2.32. The molecule has 1 atom stereocenters. The SMILES string of the molecule is CCc1cc(CN2CCC[C@@H](CNC(=O)c3ccc(-c4ccccc4)cc3)C2)on1. The van der Waals surface area contributed by atoms with Gasteiger partial charge >= 0.3 is 0 Å². The van der Waals surface area contributed by atoms with Crippen LogP contribution in [0.2, 0.25) is 0 Å². The minimum Gasteiger partial charge on any atom is -0.360 e. The summed E-state index contributed by atoms with van der Waals surface area (Å²) in [4.78, 5) is 15.0. The lowest BCUT2D eigenvalue weighted by molar-refractivity contribution is 0.0927. The Morgan fingerprint density at radius 3 is 2.63 bits per heavy atom. The van der Waals surface area contributed by atoms with E-state index in [2.05, 4.69) is 34.4 Å². The third-order valence-corrected chi connectivity index (χ3v) is 5.76. The minimum atomic E-state index is -0.00504. The van der Waals surface area contributed by atoms with Crippen LogP contribution in [0.15, 0.2) is 65.2 Å². The van der Waals surface area contributed by atoms with Gasteiger partial charge in [0, 0.05) is 24.7 Å². The Hall–Kier alpha value is -2.92. The Morgan fingerprint density at radius 2 is 1.90 bits per heavy atom. The Balaban J connectivity index is 1.28. The van der Waals surface area contributed by atoms with Crippen LogP contribution in [0.4, 0.5) is 0 Å². The van der Waals surface area contributed by atoms with E-state index in [1.54, 1.807) is 0 Å². The van der Waals surface area contributed by atoms with Crippen molar-refractivity contribution < 1.29 is 9.32 Å². The van der Waals surface area contributed by atoms with Crippen LogP contribution in [-0.2, 0) is 13.0 Å². The number of aromatic nitrogens is 1. The first kappa shape index (κ1) is 20.4. The first-order chi connectivity index (χ1) is 14.7. The topological polar surface area (TPSA) is 58.4 Å². The molecule has 156 valence electrons. The number of rotatable bonds is 7. The van der Waals surface area contributed by atoms with Gasteiger partial charge in [0.15, 0.2) is 5.76 Å². The Labute approximate surface area is 178 Å². The summed E-state index contributed by atoms with van der Waals surface area (Å²) in [7, 11) is 0. The maximum Gasteiger partial charge on any atom is 0.251 e. The maximum absolute atomic E-state index is 12.6. The average molecular weight is 404 g/mol. The second-order valence-electron chi connectivity index (χ2n) is 8.03. The van der Waals surface area contributed by atoms with Gasteiger partial charge in [-0.3, -0.25) is 9.69 Å². The van der Waals surface area contributed by atoms with Crippen LogP contribution < -0.4 is 5.32 Å². The van der Waals surface area contributed by atoms with Gasteiger partial charge in [0.05, 0.1) is 12.2 Å². The van der Waals surface area contributed by atoms with Crippen LogP contribution in [0.5, 0.6) is 0 Å². The summed E-state index contributed by atoms with van der Waals surface area (Å²) >= 11 is 0. The van der Waals surface area contributed by atoms with E-state index in [9.17, 15) is 4.79 Å². The van der Waals surface area contributed by atoms with Crippen LogP contribution in [0, 0.1) is 5.92 Å². The smallest absolute Gasteiger partial charge is 0.251 e. The number of nitrogens with zero attached hydrogens (tertiary/aromatic N) is 2. The fourth-order valence-electron chi connectivity index (χ4n) is 4.06. The molecule has 0 spiro atoms. The van der Waals surface area contributed by atoms with Crippen molar-refractivity contribution in [3.63, 3.8) is 0 Å². The minimum absolute atomic E-state index is 0.00504. The summed E-state index contributed by atoms with van der Waals surface area (Å²) in [6.07, 6.45) is 3.17. The van der Waals surface area contributed by atoms with Gasteiger partial charge < -0.3 is 9.84 Å². The maximum atomic E-state index is 12.6. The molecule has 0 radical (unpaired) electrons. The predicted molar refractivity (Wildman–Crippen MR) is 118 cm³/mol. The van der Waals surface area contributed by atoms with E-state index in [1.807, 2.05) is 48.5 Å². The highest BCUT2D eigenvalue weighted by Crippen LogP contribution is 2.20. The Kier molecular flexibility index (Phi) is 6.60. The molecule has 2 heterocycles. The van der Waals surface area contributed by atoms with Crippen LogP contribution in [0.25, 0.3) is 11.1 Å². The number of likely N-dealkylation sites (tertiary alicyclic amines) is 1. The number of hydrogen-bond donors (Lipinski definition) is 1. The first-order valence-electron chi connectivity index (χ1n) is 10.8. The molecule has 0 unspecified atom stereocenters. The van der Waals surface area contributed by atoms with E-state index in [0.29, 0.717) is 18.0 Å². The molecule has 5 heteroatoms. The molecule has 0 aliphatic carbocycles. The second-order valence-corrected chi connectivity index (χ2v) is 8.03. The van der Waals surface area contributed by atoms with E-state index in [1.165, 1.54) is 0 Å². The van der Waals surface area contributed by atoms with Gasteiger partial charge in [-0.2, -0.15) is 0 Å². The number of carbonyl (C=O) groups is 1. The molecule has 1 saturated heterocycles. The number of amides is 1. The molecule has 1 aliphatic rings. The molecule has 5 nitrogen and oxygen atoms in total. The van der Waals surface area contributed by atoms with Crippen molar-refractivity contribution in [1.29, 1.82) is 0 Å². The monoisotopic (exact) mass is 403 g/mol. The number of aryl methyl sites for hydroxylation is 1. The number of piperidine rings is 1. The Morgan fingerprint density at radius 1 is 1.13 bits per heavy atom. The zero-order valence-electron chi connectivity index (χ0n) is 17.5. The highest BCUT2D eigenvalue weighted by Gasteiger charge is 2.22. The quantitative estimate of drug-likeness (QED) is 0.629. The third kappa shape index (κ3) is 5.16. The standard InChI is InChI=1S/C25H29N3O2/c1-2-23-15-24(30-27-23)18-28-14-6-7-19(17-28)16-26-25(29)22-12-10-21(11-13-22)20-8-4-3-5-9-20/h3-5,8-13,15,19H,2,6-7,14,16-18H2,1H3,(H,26,29)/t19-/m0/s1. The van der Waals surface area contributed by atoms with E-state index in [4.69, 9.17) is 4.52 Å². The van der Waals surface area contributed by atoms with Crippen LogP contribution in [-0.4, -0.2) is 35.6 Å². The molecule has 1 fully saturated rings. The average Bonchev–Trinajstić information content (AvgIpc) is 3.26.